The summed E-state index contributed by atoms with van der Waals surface area (Å²) in [6.07, 6.45) is 1.94. The highest BCUT2D eigenvalue weighted by atomic mass is 32.2. The van der Waals surface area contributed by atoms with Crippen LogP contribution in [0.1, 0.15) is 17.7 Å². The summed E-state index contributed by atoms with van der Waals surface area (Å²) in [7, 11) is 0. The van der Waals surface area contributed by atoms with Gasteiger partial charge in [0, 0.05) is 11.0 Å². The first-order chi connectivity index (χ1) is 7.74. The summed E-state index contributed by atoms with van der Waals surface area (Å²) in [6, 6.07) is 10.5. The van der Waals surface area contributed by atoms with Gasteiger partial charge in [0.1, 0.15) is 0 Å². The van der Waals surface area contributed by atoms with Gasteiger partial charge in [0.15, 0.2) is 5.17 Å². The minimum atomic E-state index is 0.520. The molecule has 0 saturated carbocycles. The molecule has 2 nitrogen and oxygen atoms in total. The maximum atomic E-state index is 5.60. The minimum absolute atomic E-state index is 0.520. The molecule has 0 amide bonds. The lowest BCUT2D eigenvalue weighted by molar-refractivity contribution is 1.08. The van der Waals surface area contributed by atoms with Crippen LogP contribution in [-0.4, -0.2) is 23.7 Å². The first kappa shape index (κ1) is 13.5. The predicted molar refractivity (Wildman–Crippen MR) is 77.3 cm³/mol. The van der Waals surface area contributed by atoms with Crippen molar-refractivity contribution in [2.75, 3.05) is 18.6 Å². The van der Waals surface area contributed by atoms with Gasteiger partial charge in [0.05, 0.1) is 6.54 Å². The normalized spacial score (nSPS) is 13.8. The summed E-state index contributed by atoms with van der Waals surface area (Å²) in [5.74, 6) is 1.01. The monoisotopic (exact) mass is 254 g/mol. The van der Waals surface area contributed by atoms with E-state index in [4.69, 9.17) is 5.73 Å². The highest BCUT2D eigenvalue weighted by Crippen LogP contribution is 2.27. The summed E-state index contributed by atoms with van der Waals surface area (Å²) in [6.45, 7) is 3.02. The van der Waals surface area contributed by atoms with Crippen molar-refractivity contribution in [3.05, 3.63) is 35.9 Å². The zero-order chi connectivity index (χ0) is 11.8. The fourth-order valence-corrected chi connectivity index (χ4v) is 2.39. The lowest BCUT2D eigenvalue weighted by atomic mass is 10.2. The lowest BCUT2D eigenvalue weighted by Crippen LogP contribution is -2.07. The summed E-state index contributed by atoms with van der Waals surface area (Å²) in [5.41, 5.74) is 6.97. The molecule has 0 bridgehead atoms. The topological polar surface area (TPSA) is 38.4 Å². The number of rotatable bonds is 5. The van der Waals surface area contributed by atoms with Crippen molar-refractivity contribution in [2.24, 2.45) is 10.7 Å². The molecule has 1 unspecified atom stereocenters. The van der Waals surface area contributed by atoms with Crippen LogP contribution in [0.2, 0.25) is 0 Å². The maximum Gasteiger partial charge on any atom is 0.153 e. The minimum Gasteiger partial charge on any atom is -0.379 e. The molecule has 1 aromatic carbocycles. The van der Waals surface area contributed by atoms with Crippen LogP contribution in [0, 0.1) is 0 Å². The average molecular weight is 254 g/mol. The van der Waals surface area contributed by atoms with E-state index in [1.807, 2.05) is 24.1 Å². The van der Waals surface area contributed by atoms with Crippen molar-refractivity contribution in [1.29, 1.82) is 0 Å². The molecule has 2 N–H and O–H groups in total. The van der Waals surface area contributed by atoms with Crippen LogP contribution in [0.4, 0.5) is 0 Å². The van der Waals surface area contributed by atoms with Gasteiger partial charge >= 0.3 is 0 Å². The molecule has 0 aliphatic rings. The Labute approximate surface area is 106 Å². The van der Waals surface area contributed by atoms with Gasteiger partial charge in [0.2, 0.25) is 0 Å². The van der Waals surface area contributed by atoms with Crippen molar-refractivity contribution in [1.82, 2.24) is 0 Å². The molecule has 0 saturated heterocycles. The molecular weight excluding hydrogens is 236 g/mol. The second-order valence-corrected chi connectivity index (χ2v) is 5.62. The molecular formula is C12H18N2S2. The molecule has 16 heavy (non-hydrogen) atoms. The van der Waals surface area contributed by atoms with Gasteiger partial charge in [-0.15, -0.1) is 0 Å². The van der Waals surface area contributed by atoms with E-state index in [0.29, 0.717) is 10.4 Å². The molecule has 0 heterocycles. The maximum absolute atomic E-state index is 5.60. The van der Waals surface area contributed by atoms with Crippen LogP contribution in [0.5, 0.6) is 0 Å². The first-order valence-electron chi connectivity index (χ1n) is 5.24. The highest BCUT2D eigenvalue weighted by molar-refractivity contribution is 8.13. The SMILES string of the molecule is CSC(N)=NCCSC(C)c1ccccc1. The molecule has 0 aliphatic carbocycles. The zero-order valence-electron chi connectivity index (χ0n) is 9.72. The van der Waals surface area contributed by atoms with Crippen LogP contribution in [0.3, 0.4) is 0 Å². The Hall–Kier alpha value is -0.610. The van der Waals surface area contributed by atoms with Gasteiger partial charge in [-0.2, -0.15) is 11.8 Å². The predicted octanol–water partition coefficient (Wildman–Crippen LogP) is 3.16. The Morgan fingerprint density at radius 3 is 2.69 bits per heavy atom. The molecule has 1 aromatic rings. The number of nitrogens with two attached hydrogens (primary N) is 1. The Morgan fingerprint density at radius 1 is 1.38 bits per heavy atom. The van der Waals surface area contributed by atoms with Gasteiger partial charge in [-0.1, -0.05) is 42.1 Å². The summed E-state index contributed by atoms with van der Waals surface area (Å²) >= 11 is 3.41. The number of amidine groups is 1. The molecule has 0 fully saturated rings. The molecule has 4 heteroatoms. The van der Waals surface area contributed by atoms with Gasteiger partial charge < -0.3 is 5.73 Å². The number of aliphatic imine (C=N–C) groups is 1. The highest BCUT2D eigenvalue weighted by Gasteiger charge is 2.03. The smallest absolute Gasteiger partial charge is 0.153 e. The molecule has 88 valence electrons. The lowest BCUT2D eigenvalue weighted by Gasteiger charge is -2.10. The number of thioether (sulfide) groups is 2. The molecule has 0 spiro atoms. The van der Waals surface area contributed by atoms with Crippen LogP contribution in [0.25, 0.3) is 0 Å². The van der Waals surface area contributed by atoms with Gasteiger partial charge in [0.25, 0.3) is 0 Å². The third kappa shape index (κ3) is 4.94. The van der Waals surface area contributed by atoms with Crippen LogP contribution < -0.4 is 5.73 Å². The molecule has 0 aliphatic heterocycles. The third-order valence-corrected chi connectivity index (χ3v) is 3.94. The number of benzene rings is 1. The van der Waals surface area contributed by atoms with Crippen LogP contribution >= 0.6 is 23.5 Å². The van der Waals surface area contributed by atoms with Crippen molar-refractivity contribution in [2.45, 2.75) is 12.2 Å². The first-order valence-corrected chi connectivity index (χ1v) is 7.52. The van der Waals surface area contributed by atoms with Crippen molar-refractivity contribution >= 4 is 28.7 Å². The van der Waals surface area contributed by atoms with Crippen LogP contribution in [-0.2, 0) is 0 Å². The third-order valence-electron chi connectivity index (χ3n) is 2.20. The average Bonchev–Trinajstić information content (AvgIpc) is 2.35. The second kappa shape index (κ2) is 7.63. The van der Waals surface area contributed by atoms with E-state index in [2.05, 4.69) is 36.2 Å². The number of nitrogens with zero attached hydrogens (tertiary/aromatic N) is 1. The summed E-state index contributed by atoms with van der Waals surface area (Å²) < 4.78 is 0. The summed E-state index contributed by atoms with van der Waals surface area (Å²) in [4.78, 5) is 4.24. The van der Waals surface area contributed by atoms with Gasteiger partial charge in [-0.3, -0.25) is 4.99 Å². The van der Waals surface area contributed by atoms with E-state index >= 15 is 0 Å². The number of hydrogen-bond acceptors (Lipinski definition) is 3. The Bertz CT molecular complexity index is 325. The molecule has 1 atom stereocenters. The fourth-order valence-electron chi connectivity index (χ4n) is 1.27. The second-order valence-electron chi connectivity index (χ2n) is 3.35. The van der Waals surface area contributed by atoms with Gasteiger partial charge in [-0.25, -0.2) is 0 Å². The van der Waals surface area contributed by atoms with E-state index in [1.165, 1.54) is 17.3 Å². The van der Waals surface area contributed by atoms with E-state index in [-0.39, 0.29) is 0 Å². The summed E-state index contributed by atoms with van der Waals surface area (Å²) in [5, 5.41) is 1.19. The van der Waals surface area contributed by atoms with E-state index in [0.717, 1.165) is 12.3 Å². The standard InChI is InChI=1S/C12H18N2S2/c1-10(11-6-4-3-5-7-11)16-9-8-14-12(13)15-2/h3-7,10H,8-9H2,1-2H3,(H2,13,14). The van der Waals surface area contributed by atoms with E-state index in [9.17, 15) is 0 Å². The van der Waals surface area contributed by atoms with Crippen LogP contribution in [0.15, 0.2) is 35.3 Å². The fraction of sp³-hybridized carbons (Fsp3) is 0.417. The Kier molecular flexibility index (Phi) is 6.42. The largest absolute Gasteiger partial charge is 0.379 e. The van der Waals surface area contributed by atoms with Crippen molar-refractivity contribution in [3.8, 4) is 0 Å². The molecule has 0 aromatic heterocycles. The van der Waals surface area contributed by atoms with Crippen molar-refractivity contribution < 1.29 is 0 Å². The Morgan fingerprint density at radius 2 is 2.06 bits per heavy atom. The Balaban J connectivity index is 2.29. The van der Waals surface area contributed by atoms with Crippen molar-refractivity contribution in [3.63, 3.8) is 0 Å². The van der Waals surface area contributed by atoms with Gasteiger partial charge in [-0.05, 0) is 18.7 Å². The zero-order valence-corrected chi connectivity index (χ0v) is 11.4. The molecule has 1 rings (SSSR count). The quantitative estimate of drug-likeness (QED) is 0.498. The molecule has 0 radical (unpaired) electrons. The number of hydrogen-bond donors (Lipinski definition) is 1. The van der Waals surface area contributed by atoms with E-state index < -0.39 is 0 Å². The van der Waals surface area contributed by atoms with E-state index in [1.54, 1.807) is 0 Å².